The largest absolute Gasteiger partial charge is 0.411 e. The molecule has 1 aromatic heterocycles. The van der Waals surface area contributed by atoms with Crippen LogP contribution in [-0.4, -0.2) is 21.0 Å². The lowest BCUT2D eigenvalue weighted by Crippen LogP contribution is -2.05. The topological polar surface area (TPSA) is 50.4 Å². The van der Waals surface area contributed by atoms with E-state index in [4.69, 9.17) is 5.21 Å². The lowest BCUT2D eigenvalue weighted by molar-refractivity contribution is 0.321. The summed E-state index contributed by atoms with van der Waals surface area (Å²) in [5.41, 5.74) is 1.99. The van der Waals surface area contributed by atoms with Crippen LogP contribution in [0, 0.1) is 6.92 Å². The van der Waals surface area contributed by atoms with Crippen molar-refractivity contribution >= 4 is 6.21 Å². The summed E-state index contributed by atoms with van der Waals surface area (Å²) in [5.74, 6) is 0.902. The van der Waals surface area contributed by atoms with Gasteiger partial charge in [0, 0.05) is 6.54 Å². The van der Waals surface area contributed by atoms with E-state index < -0.39 is 0 Å². The first kappa shape index (κ1) is 10.4. The first-order valence-electron chi connectivity index (χ1n) is 5.05. The third kappa shape index (κ3) is 2.11. The molecule has 0 unspecified atom stereocenters. The van der Waals surface area contributed by atoms with Crippen molar-refractivity contribution in [1.29, 1.82) is 0 Å². The quantitative estimate of drug-likeness (QED) is 0.484. The SMILES string of the molecule is Cc1ncc(C=NO)n1Cc1ccccc1. The molecule has 82 valence electrons. The van der Waals surface area contributed by atoms with Crippen molar-refractivity contribution in [2.45, 2.75) is 13.5 Å². The highest BCUT2D eigenvalue weighted by Gasteiger charge is 2.04. The average Bonchev–Trinajstić information content (AvgIpc) is 2.64. The molecule has 0 radical (unpaired) electrons. The third-order valence-corrected chi connectivity index (χ3v) is 2.46. The Morgan fingerprint density at radius 2 is 2.12 bits per heavy atom. The van der Waals surface area contributed by atoms with Gasteiger partial charge in [-0.2, -0.15) is 0 Å². The average molecular weight is 215 g/mol. The number of imidazole rings is 1. The molecule has 0 saturated carbocycles. The molecule has 0 aliphatic heterocycles. The van der Waals surface area contributed by atoms with Crippen LogP contribution < -0.4 is 0 Å². The minimum atomic E-state index is 0.730. The molecule has 2 aromatic rings. The molecule has 0 saturated heterocycles. The third-order valence-electron chi connectivity index (χ3n) is 2.46. The second-order valence-electron chi connectivity index (χ2n) is 3.55. The maximum atomic E-state index is 8.55. The first-order chi connectivity index (χ1) is 7.81. The van der Waals surface area contributed by atoms with Gasteiger partial charge in [-0.1, -0.05) is 35.5 Å². The van der Waals surface area contributed by atoms with E-state index in [1.54, 1.807) is 6.20 Å². The van der Waals surface area contributed by atoms with Gasteiger partial charge in [0.2, 0.25) is 0 Å². The number of nitrogens with zero attached hydrogens (tertiary/aromatic N) is 3. The summed E-state index contributed by atoms with van der Waals surface area (Å²) < 4.78 is 2.00. The Labute approximate surface area is 93.9 Å². The fraction of sp³-hybridized carbons (Fsp3) is 0.167. The zero-order valence-corrected chi connectivity index (χ0v) is 9.04. The lowest BCUT2D eigenvalue weighted by atomic mass is 10.2. The van der Waals surface area contributed by atoms with Gasteiger partial charge in [0.05, 0.1) is 18.1 Å². The lowest BCUT2D eigenvalue weighted by Gasteiger charge is -2.07. The molecule has 0 spiro atoms. The van der Waals surface area contributed by atoms with E-state index in [0.29, 0.717) is 0 Å². The summed E-state index contributed by atoms with van der Waals surface area (Å²) in [7, 11) is 0. The maximum Gasteiger partial charge on any atom is 0.106 e. The highest BCUT2D eigenvalue weighted by atomic mass is 16.4. The van der Waals surface area contributed by atoms with Crippen LogP contribution in [0.2, 0.25) is 0 Å². The van der Waals surface area contributed by atoms with Gasteiger partial charge >= 0.3 is 0 Å². The Kier molecular flexibility index (Phi) is 3.00. The maximum absolute atomic E-state index is 8.55. The van der Waals surface area contributed by atoms with E-state index in [-0.39, 0.29) is 0 Å². The van der Waals surface area contributed by atoms with Crippen LogP contribution in [0.15, 0.2) is 41.7 Å². The van der Waals surface area contributed by atoms with E-state index in [9.17, 15) is 0 Å². The molecule has 0 aliphatic rings. The molecule has 4 nitrogen and oxygen atoms in total. The van der Waals surface area contributed by atoms with Crippen LogP contribution >= 0.6 is 0 Å². The molecule has 2 rings (SSSR count). The smallest absolute Gasteiger partial charge is 0.106 e. The molecule has 0 atom stereocenters. The van der Waals surface area contributed by atoms with Gasteiger partial charge in [0.25, 0.3) is 0 Å². The molecule has 16 heavy (non-hydrogen) atoms. The van der Waals surface area contributed by atoms with E-state index in [1.807, 2.05) is 29.7 Å². The van der Waals surface area contributed by atoms with Crippen LogP contribution in [0.25, 0.3) is 0 Å². The van der Waals surface area contributed by atoms with Crippen LogP contribution in [0.5, 0.6) is 0 Å². The highest BCUT2D eigenvalue weighted by molar-refractivity contribution is 5.76. The van der Waals surface area contributed by atoms with Crippen LogP contribution in [0.1, 0.15) is 17.1 Å². The molecule has 1 heterocycles. The first-order valence-corrected chi connectivity index (χ1v) is 5.05. The molecule has 1 aromatic carbocycles. The van der Waals surface area contributed by atoms with Gasteiger partial charge < -0.3 is 9.77 Å². The fourth-order valence-electron chi connectivity index (χ4n) is 1.62. The Balaban J connectivity index is 2.30. The number of rotatable bonds is 3. The standard InChI is InChI=1S/C12H13N3O/c1-10-13-7-12(8-14-16)15(10)9-11-5-3-2-4-6-11/h2-8,16H,9H2,1H3. The van der Waals surface area contributed by atoms with Crippen molar-refractivity contribution < 1.29 is 5.21 Å². The molecule has 1 N–H and O–H groups in total. The Bertz CT molecular complexity index is 488. The van der Waals surface area contributed by atoms with Crippen molar-refractivity contribution in [3.05, 3.63) is 53.6 Å². The summed E-state index contributed by atoms with van der Waals surface area (Å²) in [6.07, 6.45) is 3.08. The minimum Gasteiger partial charge on any atom is -0.411 e. The van der Waals surface area contributed by atoms with Crippen LogP contribution in [0.3, 0.4) is 0 Å². The summed E-state index contributed by atoms with van der Waals surface area (Å²) in [6, 6.07) is 10.1. The molecule has 0 amide bonds. The van der Waals surface area contributed by atoms with E-state index >= 15 is 0 Å². The molecule has 0 bridgehead atoms. The molecule has 0 fully saturated rings. The Morgan fingerprint density at radius 1 is 1.38 bits per heavy atom. The number of hydrogen-bond donors (Lipinski definition) is 1. The van der Waals surface area contributed by atoms with Gasteiger partial charge in [-0.15, -0.1) is 0 Å². The van der Waals surface area contributed by atoms with E-state index in [0.717, 1.165) is 18.1 Å². The summed E-state index contributed by atoms with van der Waals surface area (Å²) in [4.78, 5) is 4.19. The highest BCUT2D eigenvalue weighted by Crippen LogP contribution is 2.08. The number of aryl methyl sites for hydroxylation is 1. The predicted molar refractivity (Wildman–Crippen MR) is 61.9 cm³/mol. The van der Waals surface area contributed by atoms with E-state index in [2.05, 4.69) is 22.3 Å². The van der Waals surface area contributed by atoms with Crippen molar-refractivity contribution in [3.8, 4) is 0 Å². The Morgan fingerprint density at radius 3 is 2.81 bits per heavy atom. The number of benzene rings is 1. The number of oxime groups is 1. The van der Waals surface area contributed by atoms with Gasteiger partial charge in [-0.05, 0) is 12.5 Å². The monoisotopic (exact) mass is 215 g/mol. The zero-order chi connectivity index (χ0) is 11.4. The second-order valence-corrected chi connectivity index (χ2v) is 3.55. The normalized spacial score (nSPS) is 11.1. The predicted octanol–water partition coefficient (Wildman–Crippen LogP) is 2.05. The Hall–Kier alpha value is -2.10. The van der Waals surface area contributed by atoms with Crippen molar-refractivity contribution in [1.82, 2.24) is 9.55 Å². The van der Waals surface area contributed by atoms with Gasteiger partial charge in [-0.25, -0.2) is 4.98 Å². The molecular formula is C12H13N3O. The zero-order valence-electron chi connectivity index (χ0n) is 9.04. The molecule has 4 heteroatoms. The minimum absolute atomic E-state index is 0.730. The molecular weight excluding hydrogens is 202 g/mol. The second kappa shape index (κ2) is 4.61. The summed E-state index contributed by atoms with van der Waals surface area (Å²) >= 11 is 0. The van der Waals surface area contributed by atoms with Crippen molar-refractivity contribution in [2.75, 3.05) is 0 Å². The van der Waals surface area contributed by atoms with Crippen LogP contribution in [-0.2, 0) is 6.54 Å². The summed E-state index contributed by atoms with van der Waals surface area (Å²) in [5, 5.41) is 11.6. The van der Waals surface area contributed by atoms with Gasteiger partial charge in [0.15, 0.2) is 0 Å². The van der Waals surface area contributed by atoms with Crippen molar-refractivity contribution in [2.24, 2.45) is 5.16 Å². The van der Waals surface area contributed by atoms with Crippen molar-refractivity contribution in [3.63, 3.8) is 0 Å². The van der Waals surface area contributed by atoms with Gasteiger partial charge in [0.1, 0.15) is 5.82 Å². The summed E-state index contributed by atoms with van der Waals surface area (Å²) in [6.45, 7) is 2.66. The fourth-order valence-corrected chi connectivity index (χ4v) is 1.62. The van der Waals surface area contributed by atoms with Crippen LogP contribution in [0.4, 0.5) is 0 Å². The van der Waals surface area contributed by atoms with E-state index in [1.165, 1.54) is 11.8 Å². The number of aromatic nitrogens is 2. The number of hydrogen-bond acceptors (Lipinski definition) is 3. The van der Waals surface area contributed by atoms with Gasteiger partial charge in [-0.3, -0.25) is 0 Å². The molecule has 0 aliphatic carbocycles.